The Morgan fingerprint density at radius 3 is 2.94 bits per heavy atom. The van der Waals surface area contributed by atoms with Crippen LogP contribution < -0.4 is 16.0 Å². The number of amides is 1. The predicted molar refractivity (Wildman–Crippen MR) is 116 cm³/mol. The lowest BCUT2D eigenvalue weighted by Gasteiger charge is -2.37. The minimum atomic E-state index is -0.331. The van der Waals surface area contributed by atoms with E-state index in [0.29, 0.717) is 28.3 Å². The molecule has 0 spiro atoms. The molecular formula is C22H22N6O3. The van der Waals surface area contributed by atoms with Crippen LogP contribution in [0.3, 0.4) is 0 Å². The lowest BCUT2D eigenvalue weighted by atomic mass is 9.96. The van der Waals surface area contributed by atoms with Gasteiger partial charge in [0.25, 0.3) is 5.91 Å². The molecule has 0 aliphatic carbocycles. The molecule has 0 radical (unpaired) electrons. The third-order valence-electron chi connectivity index (χ3n) is 5.47. The van der Waals surface area contributed by atoms with E-state index in [0.717, 1.165) is 30.8 Å². The Morgan fingerprint density at radius 2 is 2.13 bits per heavy atom. The van der Waals surface area contributed by atoms with Gasteiger partial charge < -0.3 is 24.9 Å². The average Bonchev–Trinajstić information content (AvgIpc) is 3.42. The van der Waals surface area contributed by atoms with Gasteiger partial charge in [0.15, 0.2) is 5.58 Å². The van der Waals surface area contributed by atoms with Gasteiger partial charge in [-0.2, -0.15) is 0 Å². The largest absolute Gasteiger partial charge is 0.462 e. The molecule has 2 atom stereocenters. The van der Waals surface area contributed by atoms with Gasteiger partial charge in [-0.3, -0.25) is 9.78 Å². The highest BCUT2D eigenvalue weighted by atomic mass is 16.5. The predicted octanol–water partition coefficient (Wildman–Crippen LogP) is 3.30. The molecule has 1 fully saturated rings. The number of nitrogens with two attached hydrogens (primary N) is 1. The summed E-state index contributed by atoms with van der Waals surface area (Å²) < 4.78 is 10.5. The Morgan fingerprint density at radius 1 is 1.23 bits per heavy atom. The van der Waals surface area contributed by atoms with Gasteiger partial charge >= 0.3 is 0 Å². The summed E-state index contributed by atoms with van der Waals surface area (Å²) in [5.74, 6) is 0.143. The Kier molecular flexibility index (Phi) is 4.87. The van der Waals surface area contributed by atoms with Crippen LogP contribution in [0.15, 0.2) is 58.3 Å². The number of hydrogen-bond acceptors (Lipinski definition) is 8. The summed E-state index contributed by atoms with van der Waals surface area (Å²) in [5, 5.41) is 6.68. The Hall–Kier alpha value is -3.72. The number of anilines is 2. The molecule has 5 rings (SSSR count). The molecule has 31 heavy (non-hydrogen) atoms. The van der Waals surface area contributed by atoms with Crippen LogP contribution in [0, 0.1) is 5.92 Å². The third-order valence-corrected chi connectivity index (χ3v) is 5.47. The van der Waals surface area contributed by atoms with Crippen molar-refractivity contribution in [2.24, 2.45) is 11.7 Å². The Bertz CT molecular complexity index is 1210. The highest BCUT2D eigenvalue weighted by Crippen LogP contribution is 2.31. The summed E-state index contributed by atoms with van der Waals surface area (Å²) in [5.41, 5.74) is 10.6. The van der Waals surface area contributed by atoms with Crippen LogP contribution in [0.1, 0.15) is 23.8 Å². The maximum Gasteiger partial charge on any atom is 0.274 e. The molecule has 0 saturated carbocycles. The zero-order chi connectivity index (χ0) is 21.4. The molecule has 4 aromatic heterocycles. The van der Waals surface area contributed by atoms with Crippen LogP contribution in [0.4, 0.5) is 11.4 Å². The topological polar surface area (TPSA) is 123 Å². The third kappa shape index (κ3) is 3.75. The number of carbonyl (C=O) groups is 1. The van der Waals surface area contributed by atoms with Crippen molar-refractivity contribution in [2.75, 3.05) is 23.3 Å². The molecule has 5 heterocycles. The fourth-order valence-corrected chi connectivity index (χ4v) is 4.12. The van der Waals surface area contributed by atoms with Crippen molar-refractivity contribution in [2.45, 2.75) is 19.4 Å². The minimum absolute atomic E-state index is 0.0986. The second-order valence-corrected chi connectivity index (χ2v) is 7.96. The summed E-state index contributed by atoms with van der Waals surface area (Å²) in [6.07, 6.45) is 9.02. The number of hydrogen-bond donors (Lipinski definition) is 2. The summed E-state index contributed by atoms with van der Waals surface area (Å²) in [7, 11) is 0. The zero-order valence-corrected chi connectivity index (χ0v) is 17.0. The first-order chi connectivity index (χ1) is 15.1. The number of nitrogens with zero attached hydrogens (tertiary/aromatic N) is 4. The van der Waals surface area contributed by atoms with E-state index in [1.807, 2.05) is 6.07 Å². The number of piperidine rings is 1. The molecule has 9 nitrogen and oxygen atoms in total. The van der Waals surface area contributed by atoms with Crippen molar-refractivity contribution in [3.05, 3.63) is 55.0 Å². The molecule has 2 unspecified atom stereocenters. The van der Waals surface area contributed by atoms with Gasteiger partial charge in [0.2, 0.25) is 0 Å². The fraction of sp³-hybridized carbons (Fsp3) is 0.273. The van der Waals surface area contributed by atoms with Crippen LogP contribution in [-0.2, 0) is 0 Å². The number of pyridine rings is 2. The first kappa shape index (κ1) is 19.3. The maximum absolute atomic E-state index is 13.0. The van der Waals surface area contributed by atoms with Crippen LogP contribution in [0.2, 0.25) is 0 Å². The molecule has 0 bridgehead atoms. The van der Waals surface area contributed by atoms with Crippen molar-refractivity contribution in [3.63, 3.8) is 0 Å². The monoisotopic (exact) mass is 418 g/mol. The molecule has 1 aliphatic rings. The highest BCUT2D eigenvalue weighted by molar-refractivity contribution is 6.06. The number of furan rings is 1. The van der Waals surface area contributed by atoms with Gasteiger partial charge in [-0.05, 0) is 30.5 Å². The SMILES string of the molecule is CC1CC(N)CN(c2ccncc2NC(=O)c2ccc3occ(-c4cnoc4)c3n2)C1. The molecule has 9 heteroatoms. The van der Waals surface area contributed by atoms with Crippen molar-refractivity contribution in [1.29, 1.82) is 0 Å². The van der Waals surface area contributed by atoms with Crippen molar-refractivity contribution in [1.82, 2.24) is 15.1 Å². The van der Waals surface area contributed by atoms with Crippen molar-refractivity contribution >= 4 is 28.4 Å². The zero-order valence-electron chi connectivity index (χ0n) is 17.0. The van der Waals surface area contributed by atoms with Crippen LogP contribution >= 0.6 is 0 Å². The van der Waals surface area contributed by atoms with E-state index in [1.54, 1.807) is 37.0 Å². The molecule has 1 aliphatic heterocycles. The lowest BCUT2D eigenvalue weighted by molar-refractivity contribution is 0.102. The van der Waals surface area contributed by atoms with Gasteiger partial charge in [-0.15, -0.1) is 0 Å². The van der Waals surface area contributed by atoms with E-state index in [9.17, 15) is 4.79 Å². The second kappa shape index (κ2) is 7.84. The summed E-state index contributed by atoms with van der Waals surface area (Å²) in [6, 6.07) is 5.36. The van der Waals surface area contributed by atoms with Gasteiger partial charge in [0.1, 0.15) is 23.7 Å². The number of aromatic nitrogens is 3. The maximum atomic E-state index is 13.0. The number of rotatable bonds is 4. The van der Waals surface area contributed by atoms with Crippen LogP contribution in [-0.4, -0.2) is 40.2 Å². The molecule has 1 saturated heterocycles. The second-order valence-electron chi connectivity index (χ2n) is 7.96. The Balaban J connectivity index is 1.43. The van der Waals surface area contributed by atoms with Gasteiger partial charge in [0, 0.05) is 30.9 Å². The Labute approximate surface area is 178 Å². The van der Waals surface area contributed by atoms with Gasteiger partial charge in [-0.1, -0.05) is 12.1 Å². The number of carbonyl (C=O) groups excluding carboxylic acids is 1. The standard InChI is InChI=1S/C22H22N6O3/c1-13-6-15(23)10-28(9-13)19-4-5-24-8-18(19)27-22(29)17-2-3-20-21(26-17)16(12-30-20)14-7-25-31-11-14/h2-5,7-8,11-13,15H,6,9-10,23H2,1H3,(H,27,29). The summed E-state index contributed by atoms with van der Waals surface area (Å²) >= 11 is 0. The molecule has 4 aromatic rings. The average molecular weight is 418 g/mol. The van der Waals surface area contributed by atoms with E-state index in [4.69, 9.17) is 14.7 Å². The molecular weight excluding hydrogens is 396 g/mol. The molecule has 3 N–H and O–H groups in total. The van der Waals surface area contributed by atoms with E-state index < -0.39 is 0 Å². The smallest absolute Gasteiger partial charge is 0.274 e. The van der Waals surface area contributed by atoms with E-state index in [2.05, 4.69) is 32.3 Å². The normalized spacial score (nSPS) is 19.0. The highest BCUT2D eigenvalue weighted by Gasteiger charge is 2.25. The minimum Gasteiger partial charge on any atom is -0.462 e. The molecule has 0 aromatic carbocycles. The molecule has 1 amide bonds. The van der Waals surface area contributed by atoms with E-state index >= 15 is 0 Å². The van der Waals surface area contributed by atoms with Crippen molar-refractivity contribution in [3.8, 4) is 11.1 Å². The number of nitrogens with one attached hydrogen (secondary N) is 1. The van der Waals surface area contributed by atoms with Crippen LogP contribution in [0.5, 0.6) is 0 Å². The van der Waals surface area contributed by atoms with Crippen molar-refractivity contribution < 1.29 is 13.7 Å². The molecule has 158 valence electrons. The van der Waals surface area contributed by atoms with E-state index in [-0.39, 0.29) is 17.6 Å². The lowest BCUT2D eigenvalue weighted by Crippen LogP contribution is -2.46. The van der Waals surface area contributed by atoms with E-state index in [1.165, 1.54) is 6.26 Å². The summed E-state index contributed by atoms with van der Waals surface area (Å²) in [6.45, 7) is 3.79. The summed E-state index contributed by atoms with van der Waals surface area (Å²) in [4.78, 5) is 23.9. The quantitative estimate of drug-likeness (QED) is 0.517. The first-order valence-corrected chi connectivity index (χ1v) is 10.1. The fourth-order valence-electron chi connectivity index (χ4n) is 4.12. The van der Waals surface area contributed by atoms with Gasteiger partial charge in [-0.25, -0.2) is 4.98 Å². The first-order valence-electron chi connectivity index (χ1n) is 10.1. The number of fused-ring (bicyclic) bond motifs is 1. The van der Waals surface area contributed by atoms with Crippen LogP contribution in [0.25, 0.3) is 22.2 Å². The van der Waals surface area contributed by atoms with Gasteiger partial charge in [0.05, 0.1) is 29.3 Å².